The highest BCUT2D eigenvalue weighted by atomic mass is 15.1. The van der Waals surface area contributed by atoms with Gasteiger partial charge in [0, 0.05) is 18.8 Å². The minimum Gasteiger partial charge on any atom is -0.371 e. The van der Waals surface area contributed by atoms with Gasteiger partial charge < -0.3 is 4.90 Å². The molecule has 0 heterocycles. The van der Waals surface area contributed by atoms with Gasteiger partial charge in [0.15, 0.2) is 0 Å². The van der Waals surface area contributed by atoms with Crippen LogP contribution in [-0.2, 0) is 6.54 Å². The van der Waals surface area contributed by atoms with Gasteiger partial charge in [-0.3, -0.25) is 0 Å². The molecule has 0 saturated heterocycles. The molecule has 0 aliphatic rings. The van der Waals surface area contributed by atoms with Crippen LogP contribution in [0.15, 0.2) is 42.6 Å². The summed E-state index contributed by atoms with van der Waals surface area (Å²) >= 11 is 0. The van der Waals surface area contributed by atoms with Crippen molar-refractivity contribution in [3.63, 3.8) is 0 Å². The third kappa shape index (κ3) is 11.8. The molecule has 0 N–H and O–H groups in total. The van der Waals surface area contributed by atoms with E-state index in [9.17, 15) is 0 Å². The number of nitrogens with zero attached hydrogens (tertiary/aromatic N) is 1. The van der Waals surface area contributed by atoms with Gasteiger partial charge in [-0.15, -0.1) is 11.8 Å². The van der Waals surface area contributed by atoms with E-state index < -0.39 is 0 Å². The number of hydrogen-bond donors (Lipinski definition) is 0. The van der Waals surface area contributed by atoms with Crippen LogP contribution in [0.1, 0.15) is 59.9 Å². The number of allylic oxidation sites excluding steroid dienone is 1. The van der Waals surface area contributed by atoms with Crippen molar-refractivity contribution in [3.8, 4) is 11.8 Å². The molecule has 0 atom stereocenters. The monoisotopic (exact) mass is 287 g/mol. The van der Waals surface area contributed by atoms with Gasteiger partial charge in [0.25, 0.3) is 0 Å². The average molecular weight is 287 g/mol. The Hall–Kier alpha value is -1.68. The zero-order valence-electron chi connectivity index (χ0n) is 14.9. The van der Waals surface area contributed by atoms with Crippen molar-refractivity contribution in [3.05, 3.63) is 48.2 Å². The maximum Gasteiger partial charge on any atom is 0.0426 e. The first kappa shape index (κ1) is 21.6. The second-order valence-corrected chi connectivity index (χ2v) is 4.33. The standard InChI is InChI=1S/C14H21N.C4H6.C2H6/c1-4-11-15(13(3)5-2)12-14-9-7-6-8-10-14;1-3-4-2;1-2/h6-10H,3-5,11-12H2,1-2H3;1-2H3;1-2H3. The zero-order valence-corrected chi connectivity index (χ0v) is 14.9. The van der Waals surface area contributed by atoms with E-state index in [1.165, 1.54) is 17.7 Å². The summed E-state index contributed by atoms with van der Waals surface area (Å²) in [6.45, 7) is 18.2. The summed E-state index contributed by atoms with van der Waals surface area (Å²) in [6, 6.07) is 10.6. The van der Waals surface area contributed by atoms with Crippen molar-refractivity contribution in [2.45, 2.75) is 60.9 Å². The highest BCUT2D eigenvalue weighted by Crippen LogP contribution is 2.12. The fourth-order valence-corrected chi connectivity index (χ4v) is 1.65. The van der Waals surface area contributed by atoms with Crippen LogP contribution in [0.4, 0.5) is 0 Å². The lowest BCUT2D eigenvalue weighted by molar-refractivity contribution is 0.329. The van der Waals surface area contributed by atoms with Crippen LogP contribution in [0.5, 0.6) is 0 Å². The summed E-state index contributed by atoms with van der Waals surface area (Å²) in [5.74, 6) is 5.36. The van der Waals surface area contributed by atoms with E-state index >= 15 is 0 Å². The molecule has 1 aromatic rings. The third-order valence-electron chi connectivity index (χ3n) is 2.82. The first-order chi connectivity index (χ1) is 10.2. The predicted molar refractivity (Wildman–Crippen MR) is 97.0 cm³/mol. The fraction of sp³-hybridized carbons (Fsp3) is 0.500. The molecule has 1 nitrogen and oxygen atoms in total. The Morgan fingerprint density at radius 2 is 1.57 bits per heavy atom. The third-order valence-corrected chi connectivity index (χ3v) is 2.82. The Morgan fingerprint density at radius 1 is 1.05 bits per heavy atom. The van der Waals surface area contributed by atoms with E-state index in [0.717, 1.165) is 19.5 Å². The average Bonchev–Trinajstić information content (AvgIpc) is 2.56. The lowest BCUT2D eigenvalue weighted by Gasteiger charge is -2.25. The topological polar surface area (TPSA) is 3.24 Å². The van der Waals surface area contributed by atoms with E-state index in [4.69, 9.17) is 0 Å². The van der Waals surface area contributed by atoms with Gasteiger partial charge in [-0.25, -0.2) is 0 Å². The Kier molecular flexibility index (Phi) is 16.9. The first-order valence-electron chi connectivity index (χ1n) is 7.99. The summed E-state index contributed by atoms with van der Waals surface area (Å²) in [5, 5.41) is 0. The van der Waals surface area contributed by atoms with Crippen LogP contribution in [0.25, 0.3) is 0 Å². The molecule has 0 unspecified atom stereocenters. The molecule has 1 heteroatoms. The van der Waals surface area contributed by atoms with Gasteiger partial charge in [0.05, 0.1) is 0 Å². The number of rotatable bonds is 6. The van der Waals surface area contributed by atoms with Gasteiger partial charge in [-0.2, -0.15) is 0 Å². The molecular weight excluding hydrogens is 254 g/mol. The molecule has 21 heavy (non-hydrogen) atoms. The first-order valence-corrected chi connectivity index (χ1v) is 7.99. The SMILES string of the molecule is C=C(CC)N(CCC)Cc1ccccc1.CC.CC#CC. The lowest BCUT2D eigenvalue weighted by Crippen LogP contribution is -2.22. The van der Waals surface area contributed by atoms with Gasteiger partial charge in [-0.1, -0.05) is 64.6 Å². The molecule has 1 rings (SSSR count). The minimum atomic E-state index is 0.987. The molecule has 0 aliphatic carbocycles. The molecule has 0 spiro atoms. The summed E-state index contributed by atoms with van der Waals surface area (Å²) in [7, 11) is 0. The van der Waals surface area contributed by atoms with Crippen LogP contribution in [0, 0.1) is 11.8 Å². The Bertz CT molecular complexity index is 389. The summed E-state index contributed by atoms with van der Waals surface area (Å²) < 4.78 is 0. The summed E-state index contributed by atoms with van der Waals surface area (Å²) in [5.41, 5.74) is 2.60. The van der Waals surface area contributed by atoms with Gasteiger partial charge in [-0.05, 0) is 32.3 Å². The zero-order chi connectivity index (χ0) is 16.5. The quantitative estimate of drug-likeness (QED) is 0.591. The Morgan fingerprint density at radius 3 is 1.95 bits per heavy atom. The normalized spacial score (nSPS) is 8.10. The molecule has 0 saturated carbocycles. The number of hydrogen-bond acceptors (Lipinski definition) is 1. The lowest BCUT2D eigenvalue weighted by atomic mass is 10.2. The number of benzene rings is 1. The fourth-order valence-electron chi connectivity index (χ4n) is 1.65. The van der Waals surface area contributed by atoms with Gasteiger partial charge >= 0.3 is 0 Å². The van der Waals surface area contributed by atoms with Crippen molar-refractivity contribution in [2.24, 2.45) is 0 Å². The molecule has 1 aromatic carbocycles. The van der Waals surface area contributed by atoms with E-state index in [0.29, 0.717) is 0 Å². The van der Waals surface area contributed by atoms with E-state index in [2.05, 4.69) is 67.5 Å². The second kappa shape index (κ2) is 16.4. The highest BCUT2D eigenvalue weighted by molar-refractivity contribution is 5.15. The second-order valence-electron chi connectivity index (χ2n) is 4.33. The summed E-state index contributed by atoms with van der Waals surface area (Å²) in [4.78, 5) is 2.37. The van der Waals surface area contributed by atoms with Gasteiger partial charge in [0.2, 0.25) is 0 Å². The van der Waals surface area contributed by atoms with Crippen molar-refractivity contribution in [1.82, 2.24) is 4.90 Å². The van der Waals surface area contributed by atoms with Crippen LogP contribution in [0.3, 0.4) is 0 Å². The molecular formula is C20H33N. The summed E-state index contributed by atoms with van der Waals surface area (Å²) in [6.07, 6.45) is 2.21. The maximum atomic E-state index is 4.11. The van der Waals surface area contributed by atoms with E-state index in [1.54, 1.807) is 0 Å². The molecule has 118 valence electrons. The maximum absolute atomic E-state index is 4.11. The highest BCUT2D eigenvalue weighted by Gasteiger charge is 2.05. The van der Waals surface area contributed by atoms with Crippen LogP contribution < -0.4 is 0 Å². The molecule has 0 aromatic heterocycles. The van der Waals surface area contributed by atoms with Crippen LogP contribution in [0.2, 0.25) is 0 Å². The van der Waals surface area contributed by atoms with Crippen LogP contribution >= 0.6 is 0 Å². The molecule has 0 amide bonds. The predicted octanol–water partition coefficient (Wildman–Crippen LogP) is 5.88. The van der Waals surface area contributed by atoms with Gasteiger partial charge in [0.1, 0.15) is 0 Å². The van der Waals surface area contributed by atoms with Crippen molar-refractivity contribution in [1.29, 1.82) is 0 Å². The van der Waals surface area contributed by atoms with Crippen molar-refractivity contribution in [2.75, 3.05) is 6.54 Å². The molecule has 0 radical (unpaired) electrons. The molecule has 0 fully saturated rings. The molecule has 0 aliphatic heterocycles. The smallest absolute Gasteiger partial charge is 0.0426 e. The van der Waals surface area contributed by atoms with Crippen LogP contribution in [-0.4, -0.2) is 11.4 Å². The van der Waals surface area contributed by atoms with Crippen molar-refractivity contribution < 1.29 is 0 Å². The largest absolute Gasteiger partial charge is 0.371 e. The Labute approximate surface area is 133 Å². The van der Waals surface area contributed by atoms with E-state index in [-0.39, 0.29) is 0 Å². The minimum absolute atomic E-state index is 0.987. The molecule has 0 bridgehead atoms. The van der Waals surface area contributed by atoms with Crippen molar-refractivity contribution >= 4 is 0 Å². The van der Waals surface area contributed by atoms with E-state index in [1.807, 2.05) is 27.7 Å². The Balaban J connectivity index is 0.